The molecule has 0 aromatic carbocycles. The summed E-state index contributed by atoms with van der Waals surface area (Å²) in [4.78, 5) is 10.6. The lowest BCUT2D eigenvalue weighted by Crippen LogP contribution is -2.32. The van der Waals surface area contributed by atoms with Gasteiger partial charge in [0, 0.05) is 12.5 Å². The predicted molar refractivity (Wildman–Crippen MR) is 41.2 cm³/mol. The number of rotatable bonds is 6. The van der Waals surface area contributed by atoms with Crippen molar-refractivity contribution in [2.24, 2.45) is 0 Å². The van der Waals surface area contributed by atoms with Crippen LogP contribution in [0, 0.1) is 0 Å². The maximum absolute atomic E-state index is 10.6. The third-order valence-electron chi connectivity index (χ3n) is 1.35. The van der Waals surface area contributed by atoms with E-state index in [1.807, 2.05) is 0 Å². The molecule has 2 N–H and O–H groups in total. The highest BCUT2D eigenvalue weighted by molar-refractivity contribution is 5.76. The number of ketones is 1. The summed E-state index contributed by atoms with van der Waals surface area (Å²) in [6.45, 7) is 1.60. The van der Waals surface area contributed by atoms with Gasteiger partial charge in [-0.05, 0) is 14.0 Å². The number of aliphatic hydroxyl groups excluding tert-OH is 1. The van der Waals surface area contributed by atoms with E-state index < -0.39 is 0 Å². The molecule has 66 valence electrons. The van der Waals surface area contributed by atoms with Gasteiger partial charge in [-0.1, -0.05) is 0 Å². The van der Waals surface area contributed by atoms with Crippen LogP contribution in [-0.2, 0) is 9.53 Å². The topological polar surface area (TPSA) is 58.6 Å². The average molecular weight is 161 g/mol. The molecule has 0 aromatic rings. The van der Waals surface area contributed by atoms with E-state index in [0.717, 1.165) is 0 Å². The number of likely N-dealkylation sites (N-methyl/N-ethyl adjacent to an activating group) is 1. The number of Topliss-reactive ketones (excluding diaryl/α,β-unsaturated/α-hetero) is 1. The molecule has 0 bridgehead atoms. The molecule has 4 nitrogen and oxygen atoms in total. The molecular weight excluding hydrogens is 146 g/mol. The minimum atomic E-state index is -0.296. The molecule has 0 radical (unpaired) electrons. The Hall–Kier alpha value is -0.450. The zero-order valence-corrected chi connectivity index (χ0v) is 6.96. The van der Waals surface area contributed by atoms with Gasteiger partial charge in [0.05, 0.1) is 6.61 Å². The summed E-state index contributed by atoms with van der Waals surface area (Å²) in [5.41, 5.74) is 0. The van der Waals surface area contributed by atoms with Gasteiger partial charge in [0.1, 0.15) is 12.6 Å². The molecule has 4 heteroatoms. The summed E-state index contributed by atoms with van der Waals surface area (Å²) in [6, 6.07) is 0.0136. The maximum atomic E-state index is 10.6. The normalized spacial score (nSPS) is 13.0. The molecule has 1 atom stereocenters. The van der Waals surface area contributed by atoms with Crippen LogP contribution >= 0.6 is 0 Å². The number of hydrogen-bond donors (Lipinski definition) is 2. The van der Waals surface area contributed by atoms with Crippen molar-refractivity contribution in [3.63, 3.8) is 0 Å². The van der Waals surface area contributed by atoms with Crippen molar-refractivity contribution in [3.05, 3.63) is 0 Å². The minimum Gasteiger partial charge on any atom is -0.371 e. The molecular formula is C7H15NO3. The van der Waals surface area contributed by atoms with Crippen LogP contribution in [0.5, 0.6) is 0 Å². The first-order valence-corrected chi connectivity index (χ1v) is 3.56. The van der Waals surface area contributed by atoms with Gasteiger partial charge in [-0.2, -0.15) is 0 Å². The van der Waals surface area contributed by atoms with Crippen molar-refractivity contribution in [1.29, 1.82) is 0 Å². The average Bonchev–Trinajstić information content (AvgIpc) is 1.97. The van der Waals surface area contributed by atoms with Gasteiger partial charge >= 0.3 is 0 Å². The Morgan fingerprint density at radius 3 is 2.73 bits per heavy atom. The van der Waals surface area contributed by atoms with Crippen molar-refractivity contribution in [3.8, 4) is 0 Å². The van der Waals surface area contributed by atoms with Crippen LogP contribution in [0.15, 0.2) is 0 Å². The molecule has 11 heavy (non-hydrogen) atoms. The number of carbonyl (C=O) groups excluding carboxylic acids is 1. The van der Waals surface area contributed by atoms with Crippen molar-refractivity contribution in [2.45, 2.75) is 19.4 Å². The fourth-order valence-electron chi connectivity index (χ4n) is 0.786. The molecule has 0 aliphatic heterocycles. The van der Waals surface area contributed by atoms with E-state index in [9.17, 15) is 4.79 Å². The Morgan fingerprint density at radius 1 is 1.73 bits per heavy atom. The Labute approximate surface area is 66.5 Å². The van der Waals surface area contributed by atoms with Gasteiger partial charge in [0.25, 0.3) is 0 Å². The quantitative estimate of drug-likeness (QED) is 0.517. The largest absolute Gasteiger partial charge is 0.371 e. The number of hydrogen-bond acceptors (Lipinski definition) is 4. The van der Waals surface area contributed by atoms with Crippen LogP contribution < -0.4 is 5.32 Å². The van der Waals surface area contributed by atoms with E-state index in [4.69, 9.17) is 9.84 Å². The molecule has 1 unspecified atom stereocenters. The first-order chi connectivity index (χ1) is 5.20. The summed E-state index contributed by atoms with van der Waals surface area (Å²) < 4.78 is 4.73. The molecule has 0 heterocycles. The number of aliphatic hydroxyl groups is 1. The maximum Gasteiger partial charge on any atom is 0.143 e. The van der Waals surface area contributed by atoms with Crippen LogP contribution in [0.1, 0.15) is 13.3 Å². The summed E-state index contributed by atoms with van der Waals surface area (Å²) >= 11 is 0. The Morgan fingerprint density at radius 2 is 2.36 bits per heavy atom. The van der Waals surface area contributed by atoms with Gasteiger partial charge in [-0.15, -0.1) is 0 Å². The highest BCUT2D eigenvalue weighted by atomic mass is 16.6. The first kappa shape index (κ1) is 10.6. The van der Waals surface area contributed by atoms with Gasteiger partial charge < -0.3 is 15.2 Å². The smallest absolute Gasteiger partial charge is 0.143 e. The Kier molecular flexibility index (Phi) is 6.02. The fraction of sp³-hybridized carbons (Fsp3) is 0.857. The number of ether oxygens (including phenoxy) is 1. The monoisotopic (exact) mass is 161 g/mol. The standard InChI is InChI=1S/C7H15NO3/c1-6(10)3-7(8-2)4-11-5-9/h7-9H,3-5H2,1-2H3. The van der Waals surface area contributed by atoms with Gasteiger partial charge in [0.2, 0.25) is 0 Å². The highest BCUT2D eigenvalue weighted by Crippen LogP contribution is 1.92. The molecule has 0 aliphatic carbocycles. The third kappa shape index (κ3) is 5.97. The van der Waals surface area contributed by atoms with Crippen LogP contribution in [-0.4, -0.2) is 37.4 Å². The van der Waals surface area contributed by atoms with E-state index in [1.54, 1.807) is 7.05 Å². The predicted octanol–water partition coefficient (Wildman–Crippen LogP) is -0.480. The lowest BCUT2D eigenvalue weighted by molar-refractivity contribution is -0.118. The highest BCUT2D eigenvalue weighted by Gasteiger charge is 2.07. The molecule has 0 saturated heterocycles. The second kappa shape index (κ2) is 6.27. The summed E-state index contributed by atoms with van der Waals surface area (Å²) in [5, 5.41) is 11.2. The fourth-order valence-corrected chi connectivity index (χ4v) is 0.786. The van der Waals surface area contributed by atoms with Gasteiger partial charge in [-0.25, -0.2) is 0 Å². The van der Waals surface area contributed by atoms with Crippen molar-refractivity contribution in [1.82, 2.24) is 5.32 Å². The molecule has 0 aromatic heterocycles. The van der Waals surface area contributed by atoms with Crippen LogP contribution in [0.2, 0.25) is 0 Å². The van der Waals surface area contributed by atoms with Crippen molar-refractivity contribution < 1.29 is 14.6 Å². The molecule has 0 saturated carbocycles. The molecule has 0 amide bonds. The Balaban J connectivity index is 3.49. The van der Waals surface area contributed by atoms with Gasteiger partial charge in [-0.3, -0.25) is 4.79 Å². The van der Waals surface area contributed by atoms with Crippen molar-refractivity contribution >= 4 is 5.78 Å². The molecule has 0 rings (SSSR count). The Bertz CT molecular complexity index is 116. The SMILES string of the molecule is CNC(COCO)CC(C)=O. The lowest BCUT2D eigenvalue weighted by Gasteiger charge is -2.12. The summed E-state index contributed by atoms with van der Waals surface area (Å²) in [7, 11) is 1.76. The van der Waals surface area contributed by atoms with Crippen LogP contribution in [0.25, 0.3) is 0 Å². The summed E-state index contributed by atoms with van der Waals surface area (Å²) in [5.74, 6) is 0.117. The molecule has 0 aliphatic rings. The molecule has 0 spiro atoms. The third-order valence-corrected chi connectivity index (χ3v) is 1.35. The van der Waals surface area contributed by atoms with Crippen LogP contribution in [0.4, 0.5) is 0 Å². The zero-order valence-electron chi connectivity index (χ0n) is 6.96. The zero-order chi connectivity index (χ0) is 8.69. The summed E-state index contributed by atoms with van der Waals surface area (Å²) in [6.07, 6.45) is 0.441. The van der Waals surface area contributed by atoms with Gasteiger partial charge in [0.15, 0.2) is 0 Å². The lowest BCUT2D eigenvalue weighted by atomic mass is 10.2. The number of nitrogens with one attached hydrogen (secondary N) is 1. The van der Waals surface area contributed by atoms with E-state index in [2.05, 4.69) is 5.32 Å². The second-order valence-electron chi connectivity index (χ2n) is 2.39. The van der Waals surface area contributed by atoms with Crippen molar-refractivity contribution in [2.75, 3.05) is 20.4 Å². The van der Waals surface area contributed by atoms with E-state index in [0.29, 0.717) is 13.0 Å². The van der Waals surface area contributed by atoms with E-state index >= 15 is 0 Å². The minimum absolute atomic E-state index is 0.0136. The van der Waals surface area contributed by atoms with Crippen LogP contribution in [0.3, 0.4) is 0 Å². The van der Waals surface area contributed by atoms with E-state index in [1.165, 1.54) is 6.92 Å². The van der Waals surface area contributed by atoms with E-state index in [-0.39, 0.29) is 18.6 Å². The number of carbonyl (C=O) groups is 1. The second-order valence-corrected chi connectivity index (χ2v) is 2.39. The molecule has 0 fully saturated rings. The first-order valence-electron chi connectivity index (χ1n) is 3.56.